The lowest BCUT2D eigenvalue weighted by Gasteiger charge is -2.18. The number of nitrogens with zero attached hydrogens (tertiary/aromatic N) is 2. The quantitative estimate of drug-likeness (QED) is 0.153. The van der Waals surface area contributed by atoms with E-state index in [9.17, 15) is 13.2 Å². The Hall–Kier alpha value is -4.39. The Kier molecular flexibility index (Phi) is 7.24. The fraction of sp³-hybridized carbons (Fsp3) is 0.111. The molecule has 0 bridgehead atoms. The number of nitrogens with one attached hydrogen (secondary N) is 3. The number of thiazole rings is 1. The number of nitrogens with two attached hydrogens (primary N) is 1. The molecule has 0 saturated carbocycles. The van der Waals surface area contributed by atoms with E-state index in [1.165, 1.54) is 29.7 Å². The first-order chi connectivity index (χ1) is 18.7. The number of nitrogen functional groups attached to an aromatic ring is 1. The maximum absolute atomic E-state index is 13.6. The minimum atomic E-state index is -4.05. The second-order valence-corrected chi connectivity index (χ2v) is 11.5. The van der Waals surface area contributed by atoms with Gasteiger partial charge in [0.2, 0.25) is 10.0 Å². The molecule has 198 valence electrons. The van der Waals surface area contributed by atoms with Gasteiger partial charge in [0.1, 0.15) is 17.1 Å². The molecule has 2 heterocycles. The van der Waals surface area contributed by atoms with Crippen LogP contribution in [0.25, 0.3) is 10.2 Å². The van der Waals surface area contributed by atoms with Gasteiger partial charge in [-0.25, -0.2) is 23.1 Å². The Labute approximate surface area is 228 Å². The van der Waals surface area contributed by atoms with Gasteiger partial charge in [-0.15, -0.1) is 11.3 Å². The van der Waals surface area contributed by atoms with Crippen LogP contribution >= 0.6 is 11.3 Å². The summed E-state index contributed by atoms with van der Waals surface area (Å²) >= 11 is 1.40. The molecule has 1 amide bonds. The summed E-state index contributed by atoms with van der Waals surface area (Å²) in [5.41, 5.74) is 8.14. The van der Waals surface area contributed by atoms with E-state index in [0.29, 0.717) is 16.5 Å². The summed E-state index contributed by atoms with van der Waals surface area (Å²) in [6.07, 6.45) is 1.51. The van der Waals surface area contributed by atoms with Crippen LogP contribution < -0.4 is 15.8 Å². The first-order valence-corrected chi connectivity index (χ1v) is 14.1. The summed E-state index contributed by atoms with van der Waals surface area (Å²) in [6.45, 7) is 1.62. The van der Waals surface area contributed by atoms with Crippen molar-refractivity contribution in [2.75, 3.05) is 5.32 Å². The minimum Gasteiger partial charge on any atom is -0.448 e. The second-order valence-electron chi connectivity index (χ2n) is 8.75. The van der Waals surface area contributed by atoms with Gasteiger partial charge in [-0.2, -0.15) is 0 Å². The summed E-state index contributed by atoms with van der Waals surface area (Å²) in [5, 5.41) is 11.0. The minimum absolute atomic E-state index is 0.0276. The number of fused-ring (bicyclic) bond motifs is 1. The molecule has 5 aromatic rings. The van der Waals surface area contributed by atoms with Crippen LogP contribution in [0, 0.1) is 12.3 Å². The molecule has 3 aromatic carbocycles. The van der Waals surface area contributed by atoms with Crippen LogP contribution in [0.4, 0.5) is 5.69 Å². The average molecular weight is 561 g/mol. The van der Waals surface area contributed by atoms with Crippen molar-refractivity contribution in [2.45, 2.75) is 24.3 Å². The van der Waals surface area contributed by atoms with Crippen LogP contribution in [0.15, 0.2) is 88.4 Å². The number of sulfonamides is 1. The van der Waals surface area contributed by atoms with Gasteiger partial charge in [0.05, 0.1) is 21.2 Å². The van der Waals surface area contributed by atoms with Crippen LogP contribution in [0.2, 0.25) is 0 Å². The Morgan fingerprint density at radius 2 is 1.87 bits per heavy atom. The zero-order valence-corrected chi connectivity index (χ0v) is 22.3. The number of hydrogen-bond acceptors (Lipinski definition) is 8. The number of oxazole rings is 1. The van der Waals surface area contributed by atoms with Crippen LogP contribution in [0.5, 0.6) is 0 Å². The van der Waals surface area contributed by atoms with E-state index < -0.39 is 22.0 Å². The SMILES string of the molecule is Cc1nc(C(=O)Nc2cccc(S(=O)(=O)NC(Cc3cccc(C(=N)N)c3)c3nc4ccccc4s3)c2)co1. The third kappa shape index (κ3) is 6.03. The van der Waals surface area contributed by atoms with Gasteiger partial charge < -0.3 is 15.5 Å². The highest BCUT2D eigenvalue weighted by Crippen LogP contribution is 2.30. The zero-order chi connectivity index (χ0) is 27.6. The molecular formula is C27H24N6O4S2. The molecular weight excluding hydrogens is 536 g/mol. The molecule has 1 atom stereocenters. The summed E-state index contributed by atoms with van der Waals surface area (Å²) in [6, 6.07) is 19.9. The number of hydrogen-bond donors (Lipinski definition) is 4. The van der Waals surface area contributed by atoms with E-state index in [4.69, 9.17) is 15.6 Å². The predicted octanol–water partition coefficient (Wildman–Crippen LogP) is 4.39. The van der Waals surface area contributed by atoms with E-state index in [-0.39, 0.29) is 28.5 Å². The summed E-state index contributed by atoms with van der Waals surface area (Å²) in [4.78, 5) is 21.1. The smallest absolute Gasteiger partial charge is 0.277 e. The molecule has 39 heavy (non-hydrogen) atoms. The summed E-state index contributed by atoms with van der Waals surface area (Å²) < 4.78 is 36.0. The third-order valence-electron chi connectivity index (χ3n) is 5.84. The molecule has 0 saturated heterocycles. The molecule has 0 radical (unpaired) electrons. The monoisotopic (exact) mass is 560 g/mol. The van der Waals surface area contributed by atoms with Gasteiger partial charge in [-0.1, -0.05) is 36.4 Å². The highest BCUT2D eigenvalue weighted by molar-refractivity contribution is 7.89. The third-order valence-corrected chi connectivity index (χ3v) is 8.46. The first kappa shape index (κ1) is 26.2. The number of rotatable bonds is 9. The standard InChI is InChI=1S/C27H24N6O4S2/c1-16-30-23(15-37-16)26(34)31-19-8-5-9-20(14-19)39(35,36)33-22(13-17-6-4-7-18(12-17)25(28)29)27-32-21-10-2-3-11-24(21)38-27/h2-12,14-15,22,33H,13H2,1H3,(H3,28,29)(H,31,34). The van der Waals surface area contributed by atoms with Crippen molar-refractivity contribution in [3.8, 4) is 0 Å². The lowest BCUT2D eigenvalue weighted by Crippen LogP contribution is -2.30. The van der Waals surface area contributed by atoms with Crippen molar-refractivity contribution in [2.24, 2.45) is 5.73 Å². The lowest BCUT2D eigenvalue weighted by molar-refractivity contribution is 0.102. The van der Waals surface area contributed by atoms with Crippen LogP contribution in [-0.4, -0.2) is 30.1 Å². The maximum Gasteiger partial charge on any atom is 0.277 e. The molecule has 0 fully saturated rings. The van der Waals surface area contributed by atoms with Gasteiger partial charge in [0, 0.05) is 18.2 Å². The van der Waals surface area contributed by atoms with Gasteiger partial charge in [-0.3, -0.25) is 10.2 Å². The molecule has 10 nitrogen and oxygen atoms in total. The maximum atomic E-state index is 13.6. The highest BCUT2D eigenvalue weighted by atomic mass is 32.2. The number of amides is 1. The normalized spacial score (nSPS) is 12.3. The molecule has 5 rings (SSSR count). The van der Waals surface area contributed by atoms with E-state index in [2.05, 4.69) is 20.0 Å². The van der Waals surface area contributed by atoms with Crippen molar-refractivity contribution in [1.82, 2.24) is 14.7 Å². The number of amidine groups is 1. The lowest BCUT2D eigenvalue weighted by atomic mass is 10.0. The number of aromatic nitrogens is 2. The molecule has 0 aliphatic carbocycles. The van der Waals surface area contributed by atoms with Crippen LogP contribution in [0.1, 0.15) is 38.6 Å². The van der Waals surface area contributed by atoms with E-state index in [1.807, 2.05) is 30.3 Å². The van der Waals surface area contributed by atoms with Crippen molar-refractivity contribution in [1.29, 1.82) is 5.41 Å². The number of aryl methyl sites for hydroxylation is 1. The van der Waals surface area contributed by atoms with Crippen molar-refractivity contribution in [3.05, 3.63) is 107 Å². The van der Waals surface area contributed by atoms with Crippen molar-refractivity contribution >= 4 is 49.0 Å². The summed E-state index contributed by atoms with van der Waals surface area (Å²) in [7, 11) is -4.05. The van der Waals surface area contributed by atoms with Crippen molar-refractivity contribution in [3.63, 3.8) is 0 Å². The average Bonchev–Trinajstić information content (AvgIpc) is 3.55. The van der Waals surface area contributed by atoms with Gasteiger partial charge in [0.25, 0.3) is 5.91 Å². The zero-order valence-electron chi connectivity index (χ0n) is 20.7. The van der Waals surface area contributed by atoms with Gasteiger partial charge in [0.15, 0.2) is 11.6 Å². The van der Waals surface area contributed by atoms with E-state index >= 15 is 0 Å². The Morgan fingerprint density at radius 1 is 1.08 bits per heavy atom. The fourth-order valence-corrected chi connectivity index (χ4v) is 6.32. The molecule has 2 aromatic heterocycles. The topological polar surface area (TPSA) is 164 Å². The number of carbonyl (C=O) groups excluding carboxylic acids is 1. The van der Waals surface area contributed by atoms with Crippen molar-refractivity contribution < 1.29 is 17.6 Å². The van der Waals surface area contributed by atoms with Gasteiger partial charge in [-0.05, 0) is 48.4 Å². The first-order valence-electron chi connectivity index (χ1n) is 11.8. The van der Waals surface area contributed by atoms with Crippen LogP contribution in [-0.2, 0) is 16.4 Å². The Morgan fingerprint density at radius 3 is 2.62 bits per heavy atom. The summed E-state index contributed by atoms with van der Waals surface area (Å²) in [5.74, 6) is -0.254. The largest absolute Gasteiger partial charge is 0.448 e. The van der Waals surface area contributed by atoms with Gasteiger partial charge >= 0.3 is 0 Å². The molecule has 0 aliphatic heterocycles. The number of para-hydroxylation sites is 1. The Bertz CT molecular complexity index is 1760. The predicted molar refractivity (Wildman–Crippen MR) is 149 cm³/mol. The number of benzene rings is 3. The second kappa shape index (κ2) is 10.8. The Balaban J connectivity index is 1.45. The van der Waals surface area contributed by atoms with E-state index in [0.717, 1.165) is 15.8 Å². The molecule has 0 spiro atoms. The molecule has 1 unspecified atom stereocenters. The number of carbonyl (C=O) groups is 1. The van der Waals surface area contributed by atoms with E-state index in [1.54, 1.807) is 37.3 Å². The molecule has 0 aliphatic rings. The molecule has 5 N–H and O–H groups in total. The number of anilines is 1. The molecule has 12 heteroatoms. The highest BCUT2D eigenvalue weighted by Gasteiger charge is 2.25. The fourth-order valence-electron chi connectivity index (χ4n) is 3.98. The van der Waals surface area contributed by atoms with Crippen LogP contribution in [0.3, 0.4) is 0 Å².